The predicted octanol–water partition coefficient (Wildman–Crippen LogP) is 1.72. The largest absolute Gasteiger partial charge is 0.468 e. The number of anilines is 1. The molecule has 0 saturated carbocycles. The van der Waals surface area contributed by atoms with Crippen molar-refractivity contribution in [2.24, 2.45) is 11.1 Å². The number of nitrogens with one attached hydrogen (secondary N) is 1. The number of amides is 1. The maximum Gasteiger partial charge on any atom is 0.422 e. The Morgan fingerprint density at radius 1 is 1.39 bits per heavy atom. The molecule has 1 aliphatic rings. The van der Waals surface area contributed by atoms with Crippen molar-refractivity contribution in [1.82, 2.24) is 4.98 Å². The molecule has 3 N–H and O–H groups in total. The molecule has 1 amide bonds. The smallest absolute Gasteiger partial charge is 0.422 e. The Morgan fingerprint density at radius 2 is 2.09 bits per heavy atom. The first-order chi connectivity index (χ1) is 10.8. The van der Waals surface area contributed by atoms with Crippen LogP contribution in [0.5, 0.6) is 5.88 Å². The van der Waals surface area contributed by atoms with Gasteiger partial charge in [0.25, 0.3) is 0 Å². The Balaban J connectivity index is 1.96. The monoisotopic (exact) mass is 333 g/mol. The van der Waals surface area contributed by atoms with Crippen LogP contribution >= 0.6 is 0 Å². The summed E-state index contributed by atoms with van der Waals surface area (Å²) in [5.74, 6) is -0.408. The van der Waals surface area contributed by atoms with Gasteiger partial charge in [0.2, 0.25) is 11.8 Å². The zero-order valence-corrected chi connectivity index (χ0v) is 12.4. The van der Waals surface area contributed by atoms with Gasteiger partial charge in [-0.05, 0) is 18.9 Å². The van der Waals surface area contributed by atoms with E-state index in [-0.39, 0.29) is 18.3 Å². The molecule has 1 fully saturated rings. The van der Waals surface area contributed by atoms with Gasteiger partial charge in [-0.1, -0.05) is 0 Å². The molecule has 6 nitrogen and oxygen atoms in total. The van der Waals surface area contributed by atoms with Crippen molar-refractivity contribution in [3.8, 4) is 5.88 Å². The lowest BCUT2D eigenvalue weighted by molar-refractivity contribution is -0.154. The molecular formula is C14H18F3N3O3. The number of hydrogen-bond acceptors (Lipinski definition) is 5. The maximum absolute atomic E-state index is 12.4. The summed E-state index contributed by atoms with van der Waals surface area (Å²) in [6, 6.07) is 2.70. The molecule has 2 rings (SSSR count). The first-order valence-corrected chi connectivity index (χ1v) is 7.09. The summed E-state index contributed by atoms with van der Waals surface area (Å²) in [5, 5.41) is 2.69. The second-order valence-electron chi connectivity index (χ2n) is 5.34. The number of aromatic nitrogens is 1. The molecule has 0 unspecified atom stereocenters. The predicted molar refractivity (Wildman–Crippen MR) is 76.0 cm³/mol. The van der Waals surface area contributed by atoms with Crippen LogP contribution in [0.25, 0.3) is 0 Å². The molecule has 0 bridgehead atoms. The third-order valence-corrected chi connectivity index (χ3v) is 3.70. The Bertz CT molecular complexity index is 528. The Hall–Kier alpha value is -1.87. The average Bonchev–Trinajstić information content (AvgIpc) is 2.54. The summed E-state index contributed by atoms with van der Waals surface area (Å²) in [4.78, 5) is 16.1. The fraction of sp³-hybridized carbons (Fsp3) is 0.571. The maximum atomic E-state index is 12.4. The zero-order chi connectivity index (χ0) is 16.9. The van der Waals surface area contributed by atoms with E-state index in [1.54, 1.807) is 0 Å². The summed E-state index contributed by atoms with van der Waals surface area (Å²) < 4.78 is 45.9. The van der Waals surface area contributed by atoms with E-state index in [1.165, 1.54) is 18.3 Å². The number of halogens is 3. The van der Waals surface area contributed by atoms with Crippen molar-refractivity contribution in [3.63, 3.8) is 0 Å². The average molecular weight is 333 g/mol. The minimum Gasteiger partial charge on any atom is -0.468 e. The molecule has 1 aromatic heterocycles. The van der Waals surface area contributed by atoms with Crippen molar-refractivity contribution in [2.75, 3.05) is 31.7 Å². The van der Waals surface area contributed by atoms with Crippen LogP contribution in [-0.4, -0.2) is 43.4 Å². The van der Waals surface area contributed by atoms with Gasteiger partial charge >= 0.3 is 6.18 Å². The van der Waals surface area contributed by atoms with Gasteiger partial charge in [0, 0.05) is 25.8 Å². The number of nitrogens with two attached hydrogens (primary N) is 1. The minimum atomic E-state index is -4.43. The van der Waals surface area contributed by atoms with E-state index >= 15 is 0 Å². The summed E-state index contributed by atoms with van der Waals surface area (Å²) >= 11 is 0. The highest BCUT2D eigenvalue weighted by molar-refractivity contribution is 5.95. The lowest BCUT2D eigenvalue weighted by Crippen LogP contribution is -2.46. The number of ether oxygens (including phenoxy) is 2. The van der Waals surface area contributed by atoms with Crippen molar-refractivity contribution in [3.05, 3.63) is 18.3 Å². The Morgan fingerprint density at radius 3 is 2.61 bits per heavy atom. The third kappa shape index (κ3) is 4.80. The van der Waals surface area contributed by atoms with E-state index in [0.717, 1.165) is 0 Å². The second-order valence-corrected chi connectivity index (χ2v) is 5.34. The molecule has 2 heterocycles. The number of carbonyl (C=O) groups excluding carboxylic acids is 1. The highest BCUT2D eigenvalue weighted by Crippen LogP contribution is 2.31. The number of nitrogens with zero attached hydrogens (tertiary/aromatic N) is 1. The van der Waals surface area contributed by atoms with E-state index in [4.69, 9.17) is 10.5 Å². The quantitative estimate of drug-likeness (QED) is 0.857. The van der Waals surface area contributed by atoms with Crippen molar-refractivity contribution in [2.45, 2.75) is 19.0 Å². The highest BCUT2D eigenvalue weighted by atomic mass is 19.4. The summed E-state index contributed by atoms with van der Waals surface area (Å²) in [7, 11) is 0. The molecule has 0 spiro atoms. The van der Waals surface area contributed by atoms with Gasteiger partial charge in [0.05, 0.1) is 17.3 Å². The molecule has 1 aromatic rings. The fourth-order valence-corrected chi connectivity index (χ4v) is 2.25. The van der Waals surface area contributed by atoms with E-state index in [1.807, 2.05) is 0 Å². The van der Waals surface area contributed by atoms with E-state index in [9.17, 15) is 18.0 Å². The molecule has 1 aliphatic heterocycles. The first-order valence-electron chi connectivity index (χ1n) is 7.09. The number of rotatable bonds is 5. The van der Waals surface area contributed by atoms with Crippen LogP contribution in [0.15, 0.2) is 18.3 Å². The Kier molecular flexibility index (Phi) is 5.42. The lowest BCUT2D eigenvalue weighted by atomic mass is 9.79. The standard InChI is InChI=1S/C14H18F3N3O3/c15-14(16,17)9-23-11-2-1-10(7-19-11)20-12(21)13(8-18)3-5-22-6-4-13/h1-2,7H,3-6,8-9,18H2,(H,20,21). The van der Waals surface area contributed by atoms with Crippen LogP contribution in [0.4, 0.5) is 18.9 Å². The molecule has 0 aliphatic carbocycles. The van der Waals surface area contributed by atoms with Gasteiger partial charge in [0.15, 0.2) is 6.61 Å². The van der Waals surface area contributed by atoms with Gasteiger partial charge in [-0.15, -0.1) is 0 Å². The molecule has 9 heteroatoms. The van der Waals surface area contributed by atoms with Crippen molar-refractivity contribution < 1.29 is 27.4 Å². The van der Waals surface area contributed by atoms with E-state index < -0.39 is 18.2 Å². The lowest BCUT2D eigenvalue weighted by Gasteiger charge is -2.34. The number of hydrogen-bond donors (Lipinski definition) is 2. The fourth-order valence-electron chi connectivity index (χ4n) is 2.25. The minimum absolute atomic E-state index is 0.167. The molecule has 0 aromatic carbocycles. The van der Waals surface area contributed by atoms with Gasteiger partial charge in [-0.25, -0.2) is 4.98 Å². The number of carbonyl (C=O) groups is 1. The second kappa shape index (κ2) is 7.14. The van der Waals surface area contributed by atoms with Crippen LogP contribution in [-0.2, 0) is 9.53 Å². The normalized spacial score (nSPS) is 17.6. The topological polar surface area (TPSA) is 86.5 Å². The summed E-state index contributed by atoms with van der Waals surface area (Å²) in [6.45, 7) is -0.287. The molecule has 1 saturated heterocycles. The van der Waals surface area contributed by atoms with Crippen molar-refractivity contribution in [1.29, 1.82) is 0 Å². The van der Waals surface area contributed by atoms with Gasteiger partial charge in [-0.3, -0.25) is 4.79 Å². The van der Waals surface area contributed by atoms with Crippen LogP contribution in [0.3, 0.4) is 0 Å². The first kappa shape index (κ1) is 17.5. The highest BCUT2D eigenvalue weighted by Gasteiger charge is 2.38. The molecular weight excluding hydrogens is 315 g/mol. The number of pyridine rings is 1. The summed E-state index contributed by atoms with van der Waals surface area (Å²) in [6.07, 6.45) is -2.14. The third-order valence-electron chi connectivity index (χ3n) is 3.70. The molecule has 23 heavy (non-hydrogen) atoms. The van der Waals surface area contributed by atoms with Gasteiger partial charge in [0.1, 0.15) is 0 Å². The van der Waals surface area contributed by atoms with Gasteiger partial charge < -0.3 is 20.5 Å². The van der Waals surface area contributed by atoms with Crippen molar-refractivity contribution >= 4 is 11.6 Å². The molecule has 128 valence electrons. The molecule has 0 atom stereocenters. The SMILES string of the molecule is NCC1(C(=O)Nc2ccc(OCC(F)(F)F)nc2)CCOCC1. The Labute approximate surface area is 131 Å². The molecule has 0 radical (unpaired) electrons. The van der Waals surface area contributed by atoms with Crippen LogP contribution in [0, 0.1) is 5.41 Å². The van der Waals surface area contributed by atoms with E-state index in [2.05, 4.69) is 15.0 Å². The number of alkyl halides is 3. The van der Waals surface area contributed by atoms with Gasteiger partial charge in [-0.2, -0.15) is 13.2 Å². The zero-order valence-electron chi connectivity index (χ0n) is 12.4. The van der Waals surface area contributed by atoms with E-state index in [0.29, 0.717) is 31.7 Å². The summed E-state index contributed by atoms with van der Waals surface area (Å²) in [5.41, 5.74) is 5.42. The van der Waals surface area contributed by atoms with Crippen LogP contribution in [0.2, 0.25) is 0 Å². The van der Waals surface area contributed by atoms with Crippen LogP contribution < -0.4 is 15.8 Å². The van der Waals surface area contributed by atoms with Crippen LogP contribution in [0.1, 0.15) is 12.8 Å².